The van der Waals surface area contributed by atoms with Gasteiger partial charge < -0.3 is 23.9 Å². The molecule has 1 atom stereocenters. The van der Waals surface area contributed by atoms with E-state index < -0.39 is 6.16 Å². The van der Waals surface area contributed by atoms with Crippen molar-refractivity contribution < 1.29 is 23.7 Å². The Kier molecular flexibility index (Phi) is 5.93. The van der Waals surface area contributed by atoms with Crippen LogP contribution in [0.15, 0.2) is 24.4 Å². The summed E-state index contributed by atoms with van der Waals surface area (Å²) < 4.78 is 21.4. The highest BCUT2D eigenvalue weighted by Gasteiger charge is 2.21. The minimum Gasteiger partial charge on any atom is -0.434 e. The largest absolute Gasteiger partial charge is 0.515 e. The van der Waals surface area contributed by atoms with Crippen LogP contribution < -0.4 is 4.74 Å². The van der Waals surface area contributed by atoms with Gasteiger partial charge >= 0.3 is 6.16 Å². The van der Waals surface area contributed by atoms with E-state index >= 15 is 0 Å². The Balaban J connectivity index is 2.24. The second-order valence-corrected chi connectivity index (χ2v) is 6.04. The van der Waals surface area contributed by atoms with Gasteiger partial charge in [0.15, 0.2) is 0 Å². The summed E-state index contributed by atoms with van der Waals surface area (Å²) in [6, 6.07) is 6.03. The lowest BCUT2D eigenvalue weighted by atomic mass is 10.0. The number of rotatable bonds is 7. The molecule has 3 aromatic rings. The van der Waals surface area contributed by atoms with Crippen molar-refractivity contribution in [3.8, 4) is 5.88 Å². The number of nitrogens with zero attached hydrogens (tertiary/aromatic N) is 1. The minimum absolute atomic E-state index is 0.0873. The second-order valence-electron chi connectivity index (χ2n) is 6.04. The van der Waals surface area contributed by atoms with Crippen molar-refractivity contribution in [2.75, 3.05) is 20.3 Å². The molecular weight excluding hydrogens is 348 g/mol. The summed E-state index contributed by atoms with van der Waals surface area (Å²) in [5, 5.41) is 1.92. The second kappa shape index (κ2) is 8.37. The molecule has 3 rings (SSSR count). The average Bonchev–Trinajstić information content (AvgIpc) is 3.03. The highest BCUT2D eigenvalue weighted by Crippen LogP contribution is 2.37. The number of hydrogen-bond acceptors (Lipinski definition) is 6. The number of hydrogen-bond donors (Lipinski definition) is 1. The van der Waals surface area contributed by atoms with E-state index in [2.05, 4.69) is 9.97 Å². The van der Waals surface area contributed by atoms with E-state index in [1.54, 1.807) is 20.2 Å². The molecule has 0 saturated heterocycles. The van der Waals surface area contributed by atoms with Gasteiger partial charge in [0.25, 0.3) is 0 Å². The number of aromatic amines is 1. The molecule has 0 spiro atoms. The summed E-state index contributed by atoms with van der Waals surface area (Å²) in [7, 11) is 1.59. The normalized spacial score (nSPS) is 12.4. The fourth-order valence-corrected chi connectivity index (χ4v) is 3.28. The molecule has 0 saturated carbocycles. The molecule has 2 heterocycles. The van der Waals surface area contributed by atoms with Gasteiger partial charge in [-0.1, -0.05) is 12.1 Å². The van der Waals surface area contributed by atoms with Crippen LogP contribution in [0.2, 0.25) is 0 Å². The van der Waals surface area contributed by atoms with Crippen molar-refractivity contribution in [3.05, 3.63) is 35.5 Å². The topological polar surface area (TPSA) is 82.7 Å². The Morgan fingerprint density at radius 2 is 2.00 bits per heavy atom. The SMILES string of the molecule is CCOC(=O)Oc1ncc2[nH]c3cccc(C(C)OCC)c3c2c1COC. The maximum absolute atomic E-state index is 11.8. The number of H-pyrrole nitrogens is 1. The van der Waals surface area contributed by atoms with Crippen LogP contribution in [0.25, 0.3) is 21.8 Å². The number of methoxy groups -OCH3 is 1. The molecule has 7 nitrogen and oxygen atoms in total. The van der Waals surface area contributed by atoms with Crippen LogP contribution in [0.5, 0.6) is 5.88 Å². The smallest absolute Gasteiger partial charge is 0.434 e. The predicted molar refractivity (Wildman–Crippen MR) is 102 cm³/mol. The Morgan fingerprint density at radius 1 is 1.19 bits per heavy atom. The highest BCUT2D eigenvalue weighted by molar-refractivity contribution is 6.11. The summed E-state index contributed by atoms with van der Waals surface area (Å²) in [4.78, 5) is 19.5. The minimum atomic E-state index is -0.788. The molecule has 0 aliphatic heterocycles. The monoisotopic (exact) mass is 372 g/mol. The van der Waals surface area contributed by atoms with Gasteiger partial charge in [0.1, 0.15) is 0 Å². The van der Waals surface area contributed by atoms with E-state index in [-0.39, 0.29) is 25.2 Å². The Labute approximate surface area is 157 Å². The first-order chi connectivity index (χ1) is 13.1. The number of benzene rings is 1. The number of nitrogens with one attached hydrogen (secondary N) is 1. The molecule has 0 fully saturated rings. The van der Waals surface area contributed by atoms with E-state index in [0.717, 1.165) is 27.4 Å². The van der Waals surface area contributed by atoms with Crippen LogP contribution in [-0.2, 0) is 20.8 Å². The Morgan fingerprint density at radius 3 is 2.70 bits per heavy atom. The van der Waals surface area contributed by atoms with Crippen LogP contribution >= 0.6 is 0 Å². The number of fused-ring (bicyclic) bond motifs is 3. The third-order valence-corrected chi connectivity index (χ3v) is 4.34. The molecule has 1 N–H and O–H groups in total. The van der Waals surface area contributed by atoms with Crippen LogP contribution in [0, 0.1) is 0 Å². The van der Waals surface area contributed by atoms with Gasteiger partial charge in [0, 0.05) is 30.0 Å². The number of carbonyl (C=O) groups is 1. The fourth-order valence-electron chi connectivity index (χ4n) is 3.28. The van der Waals surface area contributed by atoms with Crippen LogP contribution in [0.4, 0.5) is 4.79 Å². The highest BCUT2D eigenvalue weighted by atomic mass is 16.7. The first-order valence-corrected chi connectivity index (χ1v) is 8.97. The zero-order valence-corrected chi connectivity index (χ0v) is 16.0. The van der Waals surface area contributed by atoms with Crippen molar-refractivity contribution >= 4 is 28.0 Å². The molecule has 1 aromatic carbocycles. The van der Waals surface area contributed by atoms with Crippen LogP contribution in [0.1, 0.15) is 38.0 Å². The lowest BCUT2D eigenvalue weighted by molar-refractivity contribution is 0.0774. The van der Waals surface area contributed by atoms with E-state index in [1.807, 2.05) is 32.0 Å². The molecule has 2 aromatic heterocycles. The molecule has 0 bridgehead atoms. The molecular formula is C20H24N2O5. The Bertz CT molecular complexity index is 950. The first-order valence-electron chi connectivity index (χ1n) is 8.97. The van der Waals surface area contributed by atoms with E-state index in [4.69, 9.17) is 18.9 Å². The summed E-state index contributed by atoms with van der Waals surface area (Å²) >= 11 is 0. The molecule has 0 radical (unpaired) electrons. The third-order valence-electron chi connectivity index (χ3n) is 4.34. The van der Waals surface area contributed by atoms with Gasteiger partial charge in [-0.3, -0.25) is 0 Å². The van der Waals surface area contributed by atoms with Gasteiger partial charge in [-0.05, 0) is 32.4 Å². The summed E-state index contributed by atoms with van der Waals surface area (Å²) in [5.74, 6) is 0.183. The number of carbonyl (C=O) groups excluding carboxylic acids is 1. The number of pyridine rings is 1. The Hall–Kier alpha value is -2.64. The summed E-state index contributed by atoms with van der Waals surface area (Å²) in [6.45, 7) is 6.79. The van der Waals surface area contributed by atoms with E-state index in [9.17, 15) is 4.79 Å². The number of aromatic nitrogens is 2. The van der Waals surface area contributed by atoms with Crippen LogP contribution in [-0.4, -0.2) is 36.4 Å². The van der Waals surface area contributed by atoms with Gasteiger partial charge in [-0.2, -0.15) is 0 Å². The fraction of sp³-hybridized carbons (Fsp3) is 0.400. The third kappa shape index (κ3) is 3.74. The lowest BCUT2D eigenvalue weighted by Gasteiger charge is -2.15. The van der Waals surface area contributed by atoms with Gasteiger partial charge in [0.2, 0.25) is 5.88 Å². The van der Waals surface area contributed by atoms with Gasteiger partial charge in [-0.15, -0.1) is 0 Å². The van der Waals surface area contributed by atoms with Gasteiger partial charge in [-0.25, -0.2) is 9.78 Å². The van der Waals surface area contributed by atoms with Crippen molar-refractivity contribution in [2.45, 2.75) is 33.5 Å². The van der Waals surface area contributed by atoms with Crippen molar-refractivity contribution in [1.29, 1.82) is 0 Å². The maximum Gasteiger partial charge on any atom is 0.515 e. The standard InChI is InChI=1S/C20H24N2O5/c1-5-25-12(3)13-8-7-9-15-17(13)18-14(11-24-4)19(21-10-16(18)22-15)27-20(23)26-6-2/h7-10,12,22H,5-6,11H2,1-4H3. The molecule has 27 heavy (non-hydrogen) atoms. The quantitative estimate of drug-likeness (QED) is 0.615. The van der Waals surface area contributed by atoms with Crippen molar-refractivity contribution in [1.82, 2.24) is 9.97 Å². The van der Waals surface area contributed by atoms with E-state index in [1.165, 1.54) is 0 Å². The predicted octanol–water partition coefficient (Wildman–Crippen LogP) is 4.50. The summed E-state index contributed by atoms with van der Waals surface area (Å²) in [5.41, 5.74) is 3.53. The maximum atomic E-state index is 11.8. The van der Waals surface area contributed by atoms with Crippen molar-refractivity contribution in [3.63, 3.8) is 0 Å². The molecule has 0 amide bonds. The molecule has 0 aliphatic rings. The van der Waals surface area contributed by atoms with Gasteiger partial charge in [0.05, 0.1) is 36.6 Å². The van der Waals surface area contributed by atoms with Crippen LogP contribution in [0.3, 0.4) is 0 Å². The average molecular weight is 372 g/mol. The molecule has 7 heteroatoms. The van der Waals surface area contributed by atoms with Crippen molar-refractivity contribution in [2.24, 2.45) is 0 Å². The molecule has 1 unspecified atom stereocenters. The molecule has 144 valence electrons. The lowest BCUT2D eigenvalue weighted by Crippen LogP contribution is -2.12. The van der Waals surface area contributed by atoms with E-state index in [0.29, 0.717) is 12.2 Å². The zero-order chi connectivity index (χ0) is 19.4. The first kappa shape index (κ1) is 19.1. The molecule has 0 aliphatic carbocycles. The summed E-state index contributed by atoms with van der Waals surface area (Å²) in [6.07, 6.45) is 0.776. The zero-order valence-electron chi connectivity index (χ0n) is 16.0. The number of ether oxygens (including phenoxy) is 4.